The number of Topliss-reactive ketones (excluding diaryl/α,β-unsaturated/α-hetero) is 1. The van der Waals surface area contributed by atoms with Crippen molar-refractivity contribution in [2.75, 3.05) is 11.5 Å². The zero-order valence-electron chi connectivity index (χ0n) is 8.48. The van der Waals surface area contributed by atoms with E-state index in [1.807, 2.05) is 11.8 Å². The van der Waals surface area contributed by atoms with Gasteiger partial charge in [-0.2, -0.15) is 24.9 Å². The van der Waals surface area contributed by atoms with Gasteiger partial charge in [-0.1, -0.05) is 0 Å². The molecule has 1 heterocycles. The smallest absolute Gasteiger partial charge is 0.300 e. The maximum atomic E-state index is 11.8. The van der Waals surface area contributed by atoms with Gasteiger partial charge in [-0.05, 0) is 30.3 Å². The van der Waals surface area contributed by atoms with Crippen molar-refractivity contribution >= 4 is 17.5 Å². The van der Waals surface area contributed by atoms with Crippen LogP contribution in [-0.2, 0) is 4.79 Å². The van der Waals surface area contributed by atoms with Gasteiger partial charge < -0.3 is 0 Å². The number of ketones is 1. The van der Waals surface area contributed by atoms with Crippen molar-refractivity contribution in [3.8, 4) is 0 Å². The van der Waals surface area contributed by atoms with E-state index in [0.717, 1.165) is 24.3 Å². The molecular formula is C10H15F3OS. The summed E-state index contributed by atoms with van der Waals surface area (Å²) >= 11 is 1.85. The first-order chi connectivity index (χ1) is 6.97. The number of thioether (sulfide) groups is 1. The second kappa shape index (κ2) is 5.77. The number of rotatable bonds is 4. The van der Waals surface area contributed by atoms with Crippen molar-refractivity contribution < 1.29 is 18.0 Å². The van der Waals surface area contributed by atoms with E-state index < -0.39 is 12.6 Å². The minimum atomic E-state index is -4.20. The Morgan fingerprint density at radius 1 is 1.27 bits per heavy atom. The third kappa shape index (κ3) is 6.07. The fraction of sp³-hybridized carbons (Fsp3) is 0.900. The van der Waals surface area contributed by atoms with Crippen LogP contribution < -0.4 is 0 Å². The molecule has 15 heavy (non-hydrogen) atoms. The lowest BCUT2D eigenvalue weighted by Gasteiger charge is -2.20. The first kappa shape index (κ1) is 12.9. The van der Waals surface area contributed by atoms with Crippen LogP contribution in [-0.4, -0.2) is 23.5 Å². The summed E-state index contributed by atoms with van der Waals surface area (Å²) in [4.78, 5) is 11.3. The van der Waals surface area contributed by atoms with Crippen molar-refractivity contribution in [2.24, 2.45) is 5.92 Å². The number of alkyl halides is 3. The summed E-state index contributed by atoms with van der Waals surface area (Å²) in [5.74, 6) is 2.17. The highest BCUT2D eigenvalue weighted by molar-refractivity contribution is 7.99. The second-order valence-corrected chi connectivity index (χ2v) is 5.14. The highest BCUT2D eigenvalue weighted by Crippen LogP contribution is 2.27. The van der Waals surface area contributed by atoms with E-state index in [1.165, 1.54) is 0 Å². The molecule has 1 aliphatic rings. The molecule has 1 nitrogen and oxygen atoms in total. The van der Waals surface area contributed by atoms with Gasteiger partial charge in [0.1, 0.15) is 5.78 Å². The van der Waals surface area contributed by atoms with E-state index in [2.05, 4.69) is 0 Å². The topological polar surface area (TPSA) is 17.1 Å². The molecule has 0 radical (unpaired) electrons. The molecule has 0 aliphatic carbocycles. The number of hydrogen-bond donors (Lipinski definition) is 0. The number of carbonyl (C=O) groups is 1. The second-order valence-electron chi connectivity index (χ2n) is 3.91. The molecule has 1 fully saturated rings. The van der Waals surface area contributed by atoms with Crippen molar-refractivity contribution in [1.29, 1.82) is 0 Å². The van der Waals surface area contributed by atoms with Gasteiger partial charge in [0.05, 0.1) is 6.42 Å². The Balaban J connectivity index is 2.17. The molecule has 0 unspecified atom stereocenters. The SMILES string of the molecule is O=C(CCC(F)(F)F)CC1CCSCC1. The summed E-state index contributed by atoms with van der Waals surface area (Å²) in [6.45, 7) is 0. The molecule has 0 aromatic heterocycles. The standard InChI is InChI=1S/C10H15F3OS/c11-10(12,13)4-1-9(14)7-8-2-5-15-6-3-8/h8H,1-7H2. The maximum absolute atomic E-state index is 11.8. The van der Waals surface area contributed by atoms with Crippen LogP contribution in [0.1, 0.15) is 32.1 Å². The number of halogens is 3. The lowest BCUT2D eigenvalue weighted by Crippen LogP contribution is -2.16. The average molecular weight is 240 g/mol. The van der Waals surface area contributed by atoms with Gasteiger partial charge in [0, 0.05) is 12.8 Å². The minimum absolute atomic E-state index is 0.232. The van der Waals surface area contributed by atoms with Crippen LogP contribution in [0.4, 0.5) is 13.2 Å². The third-order valence-electron chi connectivity index (χ3n) is 2.54. The Labute approximate surface area is 91.8 Å². The molecule has 0 aromatic rings. The zero-order valence-corrected chi connectivity index (χ0v) is 9.29. The van der Waals surface area contributed by atoms with E-state index in [9.17, 15) is 18.0 Å². The van der Waals surface area contributed by atoms with Crippen molar-refractivity contribution in [3.63, 3.8) is 0 Å². The lowest BCUT2D eigenvalue weighted by atomic mass is 9.95. The van der Waals surface area contributed by atoms with Gasteiger partial charge >= 0.3 is 6.18 Å². The molecule has 1 saturated heterocycles. The summed E-state index contributed by atoms with van der Waals surface area (Å²) in [7, 11) is 0. The van der Waals surface area contributed by atoms with Gasteiger partial charge in [-0.15, -0.1) is 0 Å². The molecule has 1 rings (SSSR count). The highest BCUT2D eigenvalue weighted by atomic mass is 32.2. The molecule has 1 aliphatic heterocycles. The van der Waals surface area contributed by atoms with E-state index in [0.29, 0.717) is 12.3 Å². The van der Waals surface area contributed by atoms with Crippen LogP contribution >= 0.6 is 11.8 Å². The van der Waals surface area contributed by atoms with Crippen LogP contribution in [0.25, 0.3) is 0 Å². The van der Waals surface area contributed by atoms with E-state index in [-0.39, 0.29) is 12.2 Å². The van der Waals surface area contributed by atoms with Crippen LogP contribution in [0, 0.1) is 5.92 Å². The molecule has 0 N–H and O–H groups in total. The molecular weight excluding hydrogens is 225 g/mol. The van der Waals surface area contributed by atoms with Crippen molar-refractivity contribution in [2.45, 2.75) is 38.3 Å². The Morgan fingerprint density at radius 3 is 2.40 bits per heavy atom. The predicted molar refractivity (Wildman–Crippen MR) is 55.0 cm³/mol. The van der Waals surface area contributed by atoms with Crippen LogP contribution in [0.2, 0.25) is 0 Å². The molecule has 0 aromatic carbocycles. The third-order valence-corrected chi connectivity index (χ3v) is 3.59. The molecule has 5 heteroatoms. The Hall–Kier alpha value is -0.190. The lowest BCUT2D eigenvalue weighted by molar-refractivity contribution is -0.143. The molecule has 88 valence electrons. The van der Waals surface area contributed by atoms with E-state index in [1.54, 1.807) is 0 Å². The molecule has 0 saturated carbocycles. The first-order valence-electron chi connectivity index (χ1n) is 5.13. The van der Waals surface area contributed by atoms with Gasteiger partial charge in [0.25, 0.3) is 0 Å². The Morgan fingerprint density at radius 2 is 1.87 bits per heavy atom. The fourth-order valence-corrected chi connectivity index (χ4v) is 2.86. The quantitative estimate of drug-likeness (QED) is 0.748. The summed E-state index contributed by atoms with van der Waals surface area (Å²) in [6, 6.07) is 0. The van der Waals surface area contributed by atoms with Crippen molar-refractivity contribution in [3.05, 3.63) is 0 Å². The van der Waals surface area contributed by atoms with Crippen molar-refractivity contribution in [1.82, 2.24) is 0 Å². The van der Waals surface area contributed by atoms with E-state index >= 15 is 0 Å². The van der Waals surface area contributed by atoms with Crippen LogP contribution in [0.15, 0.2) is 0 Å². The van der Waals surface area contributed by atoms with Gasteiger partial charge in [0.15, 0.2) is 0 Å². The van der Waals surface area contributed by atoms with Gasteiger partial charge in [-0.25, -0.2) is 0 Å². The first-order valence-corrected chi connectivity index (χ1v) is 6.29. The largest absolute Gasteiger partial charge is 0.389 e. The molecule has 0 bridgehead atoms. The molecule has 0 amide bonds. The summed E-state index contributed by atoms with van der Waals surface area (Å²) in [6.07, 6.45) is -3.21. The van der Waals surface area contributed by atoms with E-state index in [4.69, 9.17) is 0 Å². The number of hydrogen-bond acceptors (Lipinski definition) is 2. The maximum Gasteiger partial charge on any atom is 0.389 e. The normalized spacial score (nSPS) is 19.1. The predicted octanol–water partition coefficient (Wildman–Crippen LogP) is 3.43. The summed E-state index contributed by atoms with van der Waals surface area (Å²) in [5.41, 5.74) is 0. The van der Waals surface area contributed by atoms with Crippen LogP contribution in [0.5, 0.6) is 0 Å². The number of carbonyl (C=O) groups excluding carboxylic acids is 1. The Kier molecular flexibility index (Phi) is 4.96. The van der Waals surface area contributed by atoms with Crippen LogP contribution in [0.3, 0.4) is 0 Å². The minimum Gasteiger partial charge on any atom is -0.300 e. The average Bonchev–Trinajstić information content (AvgIpc) is 2.15. The Bertz CT molecular complexity index is 209. The zero-order chi connectivity index (χ0) is 11.3. The van der Waals surface area contributed by atoms with Gasteiger partial charge in [-0.3, -0.25) is 4.79 Å². The fourth-order valence-electron chi connectivity index (χ4n) is 1.66. The molecule has 0 spiro atoms. The molecule has 0 atom stereocenters. The summed E-state index contributed by atoms with van der Waals surface area (Å²) in [5, 5.41) is 0. The summed E-state index contributed by atoms with van der Waals surface area (Å²) < 4.78 is 35.5. The van der Waals surface area contributed by atoms with Gasteiger partial charge in [0.2, 0.25) is 0 Å². The highest BCUT2D eigenvalue weighted by Gasteiger charge is 2.28. The monoisotopic (exact) mass is 240 g/mol.